The number of nitrogens with zero attached hydrogens (tertiary/aromatic N) is 1. The Morgan fingerprint density at radius 1 is 1.16 bits per heavy atom. The van der Waals surface area contributed by atoms with E-state index in [4.69, 9.17) is 0 Å². The predicted molar refractivity (Wildman–Crippen MR) is 74.5 cm³/mol. The fourth-order valence-corrected chi connectivity index (χ4v) is 2.99. The van der Waals surface area contributed by atoms with Crippen LogP contribution in [0.5, 0.6) is 0 Å². The zero-order valence-corrected chi connectivity index (χ0v) is 10.8. The fraction of sp³-hybridized carbons (Fsp3) is 0.375. The molecule has 0 saturated heterocycles. The smallest absolute Gasteiger partial charge is 0.337 e. The summed E-state index contributed by atoms with van der Waals surface area (Å²) in [6, 6.07) is 9.50. The molecule has 1 saturated carbocycles. The molecule has 0 aliphatic heterocycles. The first-order chi connectivity index (χ1) is 9.25. The van der Waals surface area contributed by atoms with Crippen molar-refractivity contribution in [2.75, 3.05) is 0 Å². The highest BCUT2D eigenvalue weighted by molar-refractivity contribution is 5.94. The molecule has 3 rings (SSSR count). The first kappa shape index (κ1) is 12.2. The summed E-state index contributed by atoms with van der Waals surface area (Å²) in [5, 5.41) is 10.3. The van der Waals surface area contributed by atoms with Crippen molar-refractivity contribution in [3.8, 4) is 0 Å². The molecule has 0 radical (unpaired) electrons. The number of pyridine rings is 1. The summed E-state index contributed by atoms with van der Waals surface area (Å²) in [7, 11) is 0. The molecule has 3 heteroatoms. The van der Waals surface area contributed by atoms with Crippen LogP contribution in [0.1, 0.15) is 54.1 Å². The molecule has 1 aromatic carbocycles. The standard InChI is InChI=1S/C16H17NO2/c18-16(19)13-10-12-8-4-5-9-14(12)17-15(13)11-6-2-1-3-7-11/h4-5,8-11H,1-3,6-7H2,(H,18,19). The second-order valence-corrected chi connectivity index (χ2v) is 5.25. The highest BCUT2D eigenvalue weighted by Gasteiger charge is 2.23. The summed E-state index contributed by atoms with van der Waals surface area (Å²) in [6.07, 6.45) is 5.74. The molecule has 3 nitrogen and oxygen atoms in total. The molecule has 0 amide bonds. The lowest BCUT2D eigenvalue weighted by molar-refractivity contribution is 0.0694. The summed E-state index contributed by atoms with van der Waals surface area (Å²) >= 11 is 0. The number of carboxylic acids is 1. The van der Waals surface area contributed by atoms with Gasteiger partial charge in [-0.3, -0.25) is 4.98 Å². The average Bonchev–Trinajstić information content (AvgIpc) is 2.46. The minimum absolute atomic E-state index is 0.310. The van der Waals surface area contributed by atoms with Gasteiger partial charge in [-0.2, -0.15) is 0 Å². The molecular formula is C16H17NO2. The van der Waals surface area contributed by atoms with Gasteiger partial charge in [-0.05, 0) is 25.0 Å². The summed E-state index contributed by atoms with van der Waals surface area (Å²) in [5.74, 6) is -0.553. The van der Waals surface area contributed by atoms with Crippen LogP contribution in [0.3, 0.4) is 0 Å². The predicted octanol–water partition coefficient (Wildman–Crippen LogP) is 3.98. The van der Waals surface area contributed by atoms with Gasteiger partial charge in [0.05, 0.1) is 16.8 Å². The monoisotopic (exact) mass is 255 g/mol. The van der Waals surface area contributed by atoms with Gasteiger partial charge in [-0.1, -0.05) is 37.5 Å². The highest BCUT2D eigenvalue weighted by Crippen LogP contribution is 2.34. The molecule has 1 aliphatic carbocycles. The summed E-state index contributed by atoms with van der Waals surface area (Å²) < 4.78 is 0. The van der Waals surface area contributed by atoms with Crippen LogP contribution in [0.15, 0.2) is 30.3 Å². The van der Waals surface area contributed by atoms with E-state index >= 15 is 0 Å². The number of aromatic nitrogens is 1. The molecule has 0 atom stereocenters. The summed E-state index contributed by atoms with van der Waals surface area (Å²) in [5.41, 5.74) is 2.06. The van der Waals surface area contributed by atoms with E-state index < -0.39 is 5.97 Å². The number of hydrogen-bond donors (Lipinski definition) is 1. The first-order valence-corrected chi connectivity index (χ1v) is 6.88. The Morgan fingerprint density at radius 2 is 1.89 bits per heavy atom. The third-order valence-electron chi connectivity index (χ3n) is 3.98. The quantitative estimate of drug-likeness (QED) is 0.883. The number of para-hydroxylation sites is 1. The second-order valence-electron chi connectivity index (χ2n) is 5.25. The number of rotatable bonds is 2. The van der Waals surface area contributed by atoms with Gasteiger partial charge >= 0.3 is 5.97 Å². The van der Waals surface area contributed by atoms with Crippen LogP contribution in [-0.2, 0) is 0 Å². The normalized spacial score (nSPS) is 16.6. The van der Waals surface area contributed by atoms with E-state index in [0.29, 0.717) is 11.5 Å². The zero-order chi connectivity index (χ0) is 13.2. The number of fused-ring (bicyclic) bond motifs is 1. The van der Waals surface area contributed by atoms with Gasteiger partial charge in [-0.15, -0.1) is 0 Å². The van der Waals surface area contributed by atoms with Gasteiger partial charge in [0.25, 0.3) is 0 Å². The highest BCUT2D eigenvalue weighted by atomic mass is 16.4. The van der Waals surface area contributed by atoms with Crippen molar-refractivity contribution in [3.63, 3.8) is 0 Å². The van der Waals surface area contributed by atoms with E-state index in [1.165, 1.54) is 19.3 Å². The molecule has 98 valence electrons. The number of benzene rings is 1. The Kier molecular flexibility index (Phi) is 3.20. The van der Waals surface area contributed by atoms with E-state index in [9.17, 15) is 9.90 Å². The van der Waals surface area contributed by atoms with Gasteiger partial charge < -0.3 is 5.11 Å². The largest absolute Gasteiger partial charge is 0.478 e. The number of aromatic carboxylic acids is 1. The van der Waals surface area contributed by atoms with E-state index in [-0.39, 0.29) is 0 Å². The van der Waals surface area contributed by atoms with Crippen molar-refractivity contribution < 1.29 is 9.90 Å². The van der Waals surface area contributed by atoms with Crippen LogP contribution in [0.25, 0.3) is 10.9 Å². The first-order valence-electron chi connectivity index (χ1n) is 6.88. The van der Waals surface area contributed by atoms with Crippen LogP contribution < -0.4 is 0 Å². The summed E-state index contributed by atoms with van der Waals surface area (Å²) in [4.78, 5) is 16.1. The molecule has 0 bridgehead atoms. The van der Waals surface area contributed by atoms with Crippen LogP contribution >= 0.6 is 0 Å². The Labute approximate surface area is 112 Å². The molecular weight excluding hydrogens is 238 g/mol. The Balaban J connectivity index is 2.14. The molecule has 2 aromatic rings. The van der Waals surface area contributed by atoms with Crippen LogP contribution in [0, 0.1) is 0 Å². The number of carboxylic acid groups (broad SMARTS) is 1. The molecule has 0 spiro atoms. The SMILES string of the molecule is O=C(O)c1cc2ccccc2nc1C1CCCCC1. The minimum Gasteiger partial charge on any atom is -0.478 e. The lowest BCUT2D eigenvalue weighted by atomic mass is 9.84. The molecule has 1 heterocycles. The molecule has 1 aromatic heterocycles. The molecule has 19 heavy (non-hydrogen) atoms. The van der Waals surface area contributed by atoms with Crippen molar-refractivity contribution in [1.82, 2.24) is 4.98 Å². The number of carbonyl (C=O) groups is 1. The maximum absolute atomic E-state index is 11.5. The van der Waals surface area contributed by atoms with Crippen molar-refractivity contribution in [2.24, 2.45) is 0 Å². The van der Waals surface area contributed by atoms with Gasteiger partial charge in [0.2, 0.25) is 0 Å². The van der Waals surface area contributed by atoms with Crippen LogP contribution in [0.2, 0.25) is 0 Å². The molecule has 1 fully saturated rings. The van der Waals surface area contributed by atoms with Crippen molar-refractivity contribution >= 4 is 16.9 Å². The van der Waals surface area contributed by atoms with E-state index in [1.54, 1.807) is 6.07 Å². The molecule has 1 N–H and O–H groups in total. The van der Waals surface area contributed by atoms with Crippen LogP contribution in [-0.4, -0.2) is 16.1 Å². The zero-order valence-electron chi connectivity index (χ0n) is 10.8. The minimum atomic E-state index is -0.862. The fourth-order valence-electron chi connectivity index (χ4n) is 2.99. The van der Waals surface area contributed by atoms with Gasteiger partial charge in [-0.25, -0.2) is 4.79 Å². The van der Waals surface area contributed by atoms with Crippen molar-refractivity contribution in [2.45, 2.75) is 38.0 Å². The third kappa shape index (κ3) is 2.33. The Morgan fingerprint density at radius 3 is 2.63 bits per heavy atom. The van der Waals surface area contributed by atoms with Crippen molar-refractivity contribution in [3.05, 3.63) is 41.6 Å². The van der Waals surface area contributed by atoms with Crippen LogP contribution in [0.4, 0.5) is 0 Å². The van der Waals surface area contributed by atoms with E-state index in [0.717, 1.165) is 29.4 Å². The maximum Gasteiger partial charge on any atom is 0.337 e. The number of hydrogen-bond acceptors (Lipinski definition) is 2. The summed E-state index contributed by atoms with van der Waals surface area (Å²) in [6.45, 7) is 0. The van der Waals surface area contributed by atoms with E-state index in [1.807, 2.05) is 24.3 Å². The Bertz CT molecular complexity index is 615. The maximum atomic E-state index is 11.5. The lowest BCUT2D eigenvalue weighted by Gasteiger charge is -2.22. The van der Waals surface area contributed by atoms with Crippen molar-refractivity contribution in [1.29, 1.82) is 0 Å². The molecule has 1 aliphatic rings. The lowest BCUT2D eigenvalue weighted by Crippen LogP contribution is -2.13. The molecule has 0 unspecified atom stereocenters. The topological polar surface area (TPSA) is 50.2 Å². The van der Waals surface area contributed by atoms with Gasteiger partial charge in [0.15, 0.2) is 0 Å². The Hall–Kier alpha value is -1.90. The third-order valence-corrected chi connectivity index (χ3v) is 3.98. The average molecular weight is 255 g/mol. The van der Waals surface area contributed by atoms with E-state index in [2.05, 4.69) is 4.98 Å². The van der Waals surface area contributed by atoms with Gasteiger partial charge in [0.1, 0.15) is 0 Å². The van der Waals surface area contributed by atoms with Gasteiger partial charge in [0, 0.05) is 11.3 Å². The second kappa shape index (κ2) is 5.00.